The molecule has 0 aliphatic rings. The lowest BCUT2D eigenvalue weighted by molar-refractivity contribution is -0.310. The SMILES string of the molecule is O=C([O-])C(CS)CCCCS. The van der Waals surface area contributed by atoms with Crippen molar-refractivity contribution in [2.75, 3.05) is 11.5 Å². The summed E-state index contributed by atoms with van der Waals surface area (Å²) in [4.78, 5) is 10.3. The second kappa shape index (κ2) is 6.85. The molecule has 4 heteroatoms. The molecule has 0 fully saturated rings. The monoisotopic (exact) mass is 193 g/mol. The number of unbranched alkanes of at least 4 members (excludes halogenated alkanes) is 1. The molecule has 66 valence electrons. The molecule has 0 aliphatic carbocycles. The quantitative estimate of drug-likeness (QED) is 0.473. The minimum absolute atomic E-state index is 0.370. The van der Waals surface area contributed by atoms with Crippen molar-refractivity contribution < 1.29 is 9.90 Å². The number of thiol groups is 2. The van der Waals surface area contributed by atoms with Gasteiger partial charge in [-0.25, -0.2) is 0 Å². The molecule has 0 aromatic carbocycles. The number of hydrogen-bond donors (Lipinski definition) is 2. The molecule has 0 aromatic heterocycles. The minimum atomic E-state index is -0.987. The third-order valence-corrected chi connectivity index (χ3v) is 2.27. The van der Waals surface area contributed by atoms with Gasteiger partial charge in [-0.1, -0.05) is 6.42 Å². The van der Waals surface area contributed by atoms with E-state index in [1.54, 1.807) is 0 Å². The van der Waals surface area contributed by atoms with Gasteiger partial charge < -0.3 is 9.90 Å². The Morgan fingerprint density at radius 1 is 1.36 bits per heavy atom. The van der Waals surface area contributed by atoms with E-state index in [0.717, 1.165) is 18.6 Å². The molecule has 0 spiro atoms. The third kappa shape index (κ3) is 5.44. The predicted molar refractivity (Wildman–Crippen MR) is 50.1 cm³/mol. The Kier molecular flexibility index (Phi) is 6.96. The van der Waals surface area contributed by atoms with Crippen LogP contribution in [0.3, 0.4) is 0 Å². The van der Waals surface area contributed by atoms with Crippen LogP contribution < -0.4 is 5.11 Å². The molecule has 1 unspecified atom stereocenters. The highest BCUT2D eigenvalue weighted by molar-refractivity contribution is 7.80. The van der Waals surface area contributed by atoms with Gasteiger partial charge in [0, 0.05) is 11.9 Å². The first-order chi connectivity index (χ1) is 5.22. The number of carboxylic acids is 1. The number of aliphatic carboxylic acids is 1. The van der Waals surface area contributed by atoms with Gasteiger partial charge in [0.05, 0.1) is 0 Å². The van der Waals surface area contributed by atoms with Gasteiger partial charge in [-0.15, -0.1) is 0 Å². The second-order valence-electron chi connectivity index (χ2n) is 2.42. The van der Waals surface area contributed by atoms with Crippen molar-refractivity contribution in [3.8, 4) is 0 Å². The highest BCUT2D eigenvalue weighted by Gasteiger charge is 2.06. The van der Waals surface area contributed by atoms with Crippen LogP contribution in [0.15, 0.2) is 0 Å². The summed E-state index contributed by atoms with van der Waals surface area (Å²) >= 11 is 7.94. The Balaban J connectivity index is 3.44. The molecule has 0 bridgehead atoms. The van der Waals surface area contributed by atoms with E-state index in [2.05, 4.69) is 25.3 Å². The summed E-state index contributed by atoms with van der Waals surface area (Å²) in [5.41, 5.74) is 0. The lowest BCUT2D eigenvalue weighted by Crippen LogP contribution is -2.32. The molecule has 1 atom stereocenters. The van der Waals surface area contributed by atoms with Crippen LogP contribution in [0.1, 0.15) is 19.3 Å². The van der Waals surface area contributed by atoms with Gasteiger partial charge in [-0.05, 0) is 24.3 Å². The van der Waals surface area contributed by atoms with Crippen LogP contribution >= 0.6 is 25.3 Å². The molecule has 0 saturated carbocycles. The molecular formula is C7H13O2S2-. The van der Waals surface area contributed by atoms with Gasteiger partial charge in [-0.2, -0.15) is 25.3 Å². The highest BCUT2D eigenvalue weighted by Crippen LogP contribution is 2.09. The number of carboxylic acid groups (broad SMARTS) is 1. The van der Waals surface area contributed by atoms with Crippen LogP contribution in [0.25, 0.3) is 0 Å². The average molecular weight is 193 g/mol. The second-order valence-corrected chi connectivity index (χ2v) is 3.23. The summed E-state index contributed by atoms with van der Waals surface area (Å²) < 4.78 is 0. The summed E-state index contributed by atoms with van der Waals surface area (Å²) in [6.07, 6.45) is 2.51. The molecule has 0 radical (unpaired) electrons. The van der Waals surface area contributed by atoms with Crippen LogP contribution in [-0.4, -0.2) is 17.5 Å². The van der Waals surface area contributed by atoms with E-state index in [9.17, 15) is 9.90 Å². The van der Waals surface area contributed by atoms with E-state index in [1.165, 1.54) is 0 Å². The summed E-state index contributed by atoms with van der Waals surface area (Å²) in [6.45, 7) is 0. The molecule has 0 aliphatic heterocycles. The molecular weight excluding hydrogens is 180 g/mol. The Morgan fingerprint density at radius 3 is 2.36 bits per heavy atom. The standard InChI is InChI=1S/C7H14O2S2/c8-7(9)6(5-11)3-1-2-4-10/h6,10-11H,1-5H2,(H,8,9)/p-1. The normalized spacial score (nSPS) is 12.9. The first kappa shape index (κ1) is 11.2. The van der Waals surface area contributed by atoms with E-state index in [-0.39, 0.29) is 0 Å². The van der Waals surface area contributed by atoms with Gasteiger partial charge in [-0.3, -0.25) is 0 Å². The summed E-state index contributed by atoms with van der Waals surface area (Å²) in [7, 11) is 0. The smallest absolute Gasteiger partial charge is 0.0453 e. The molecule has 0 rings (SSSR count). The lowest BCUT2D eigenvalue weighted by atomic mass is 10.1. The Morgan fingerprint density at radius 2 is 2.00 bits per heavy atom. The maximum absolute atomic E-state index is 10.3. The average Bonchev–Trinajstić information content (AvgIpc) is 1.97. The van der Waals surface area contributed by atoms with E-state index in [1.807, 2.05) is 0 Å². The van der Waals surface area contributed by atoms with Crippen molar-refractivity contribution in [1.29, 1.82) is 0 Å². The summed E-state index contributed by atoms with van der Waals surface area (Å²) in [6, 6.07) is 0. The molecule has 0 N–H and O–H groups in total. The van der Waals surface area contributed by atoms with Crippen molar-refractivity contribution in [3.05, 3.63) is 0 Å². The molecule has 0 amide bonds. The largest absolute Gasteiger partial charge is 0.550 e. The Labute approximate surface area is 78.2 Å². The van der Waals surface area contributed by atoms with Crippen molar-refractivity contribution in [2.45, 2.75) is 19.3 Å². The Bertz CT molecular complexity index is 117. The van der Waals surface area contributed by atoms with Crippen molar-refractivity contribution in [1.82, 2.24) is 0 Å². The minimum Gasteiger partial charge on any atom is -0.550 e. The maximum Gasteiger partial charge on any atom is 0.0453 e. The fourth-order valence-electron chi connectivity index (χ4n) is 0.786. The maximum atomic E-state index is 10.3. The molecule has 0 saturated heterocycles. The molecule has 2 nitrogen and oxygen atoms in total. The molecule has 0 aromatic rings. The van der Waals surface area contributed by atoms with Crippen LogP contribution in [-0.2, 0) is 4.79 Å². The van der Waals surface area contributed by atoms with Gasteiger partial charge in [0.15, 0.2) is 0 Å². The van der Waals surface area contributed by atoms with Gasteiger partial charge in [0.2, 0.25) is 0 Å². The van der Waals surface area contributed by atoms with Gasteiger partial charge >= 0.3 is 0 Å². The zero-order valence-electron chi connectivity index (χ0n) is 6.32. The van der Waals surface area contributed by atoms with E-state index in [4.69, 9.17) is 0 Å². The van der Waals surface area contributed by atoms with Crippen LogP contribution in [0.5, 0.6) is 0 Å². The zero-order chi connectivity index (χ0) is 8.69. The fraction of sp³-hybridized carbons (Fsp3) is 0.857. The first-order valence-corrected chi connectivity index (χ1v) is 4.91. The van der Waals surface area contributed by atoms with Crippen LogP contribution in [0.4, 0.5) is 0 Å². The molecule has 11 heavy (non-hydrogen) atoms. The number of rotatable bonds is 6. The highest BCUT2D eigenvalue weighted by atomic mass is 32.1. The summed E-state index contributed by atoms with van der Waals surface area (Å²) in [5, 5.41) is 10.3. The van der Waals surface area contributed by atoms with Crippen LogP contribution in [0.2, 0.25) is 0 Å². The number of hydrogen-bond acceptors (Lipinski definition) is 4. The van der Waals surface area contributed by atoms with Crippen LogP contribution in [0, 0.1) is 5.92 Å². The summed E-state index contributed by atoms with van der Waals surface area (Å²) in [5.74, 6) is -0.196. The van der Waals surface area contributed by atoms with Crippen molar-refractivity contribution in [3.63, 3.8) is 0 Å². The topological polar surface area (TPSA) is 40.1 Å². The van der Waals surface area contributed by atoms with Crippen molar-refractivity contribution in [2.24, 2.45) is 5.92 Å². The lowest BCUT2D eigenvalue weighted by Gasteiger charge is -2.14. The third-order valence-electron chi connectivity index (χ3n) is 1.51. The van der Waals surface area contributed by atoms with Gasteiger partial charge in [0.1, 0.15) is 0 Å². The number of carbonyl (C=O) groups is 1. The fourth-order valence-corrected chi connectivity index (χ4v) is 1.34. The zero-order valence-corrected chi connectivity index (χ0v) is 8.11. The predicted octanol–water partition coefficient (Wildman–Crippen LogP) is 0.382. The Hall–Kier alpha value is 0.170. The van der Waals surface area contributed by atoms with E-state index in [0.29, 0.717) is 12.2 Å². The van der Waals surface area contributed by atoms with Crippen molar-refractivity contribution >= 4 is 31.2 Å². The van der Waals surface area contributed by atoms with E-state index < -0.39 is 11.9 Å². The first-order valence-electron chi connectivity index (χ1n) is 3.65. The number of carbonyl (C=O) groups excluding carboxylic acids is 1. The molecule has 0 heterocycles. The van der Waals surface area contributed by atoms with Gasteiger partial charge in [0.25, 0.3) is 0 Å². The van der Waals surface area contributed by atoms with E-state index >= 15 is 0 Å².